The average Bonchev–Trinajstić information content (AvgIpc) is 2.86. The molecule has 35 heavy (non-hydrogen) atoms. The predicted octanol–water partition coefficient (Wildman–Crippen LogP) is 4.29. The largest absolute Gasteiger partial charge is 0.462 e. The van der Waals surface area contributed by atoms with Gasteiger partial charge in [0.05, 0.1) is 17.5 Å². The van der Waals surface area contributed by atoms with Crippen LogP contribution in [0.25, 0.3) is 49.1 Å². The number of nitrogens with zero attached hydrogens (tertiary/aromatic N) is 1. The molecule has 0 saturated heterocycles. The Balaban J connectivity index is 1.90. The van der Waals surface area contributed by atoms with Crippen LogP contribution in [0.4, 0.5) is 4.39 Å². The fourth-order valence-corrected chi connectivity index (χ4v) is 4.69. The van der Waals surface area contributed by atoms with Crippen molar-refractivity contribution in [3.05, 3.63) is 96.3 Å². The van der Waals surface area contributed by atoms with E-state index >= 15 is 4.39 Å². The van der Waals surface area contributed by atoms with E-state index in [2.05, 4.69) is 0 Å². The summed E-state index contributed by atoms with van der Waals surface area (Å²) in [7, 11) is 0. The van der Waals surface area contributed by atoms with Crippen LogP contribution in [0, 0.1) is 12.7 Å². The summed E-state index contributed by atoms with van der Waals surface area (Å²) in [5, 5.41) is 0.906. The van der Waals surface area contributed by atoms with Crippen molar-refractivity contribution in [2.24, 2.45) is 0 Å². The lowest BCUT2D eigenvalue weighted by atomic mass is 10.0. The van der Waals surface area contributed by atoms with E-state index in [1.54, 1.807) is 31.2 Å². The van der Waals surface area contributed by atoms with Crippen molar-refractivity contribution >= 4 is 55.1 Å². The van der Waals surface area contributed by atoms with Gasteiger partial charge in [0, 0.05) is 27.7 Å². The molecule has 0 aliphatic heterocycles. The standard InChI is InChI=1S/C27H16FNO6/c1-3-34-27(33)18-11-29-19-9-15-16(24(31)14-7-5-4-6-13(14)23(15)30)10-20(19)35-26-21(28)12(2)8-17(22(26)29)25(18)32/h4-11H,3H2,1-2H3. The number of aromatic nitrogens is 1. The van der Waals surface area contributed by atoms with Crippen LogP contribution in [0.1, 0.15) is 22.8 Å². The maximum Gasteiger partial charge on any atom is 0.343 e. The molecule has 0 aliphatic rings. The molecule has 8 heteroatoms. The van der Waals surface area contributed by atoms with Gasteiger partial charge in [-0.25, -0.2) is 9.18 Å². The van der Waals surface area contributed by atoms with Gasteiger partial charge in [0.2, 0.25) is 5.43 Å². The first-order chi connectivity index (χ1) is 16.8. The Morgan fingerprint density at radius 3 is 2.26 bits per heavy atom. The summed E-state index contributed by atoms with van der Waals surface area (Å²) in [5.74, 6) is -1.50. The van der Waals surface area contributed by atoms with Gasteiger partial charge < -0.3 is 13.6 Å². The topological polar surface area (TPSA) is 95.1 Å². The van der Waals surface area contributed by atoms with E-state index < -0.39 is 17.2 Å². The normalized spacial score (nSPS) is 11.9. The molecular formula is C27H16FNO6. The van der Waals surface area contributed by atoms with Crippen LogP contribution >= 0.6 is 0 Å². The van der Waals surface area contributed by atoms with Gasteiger partial charge in [-0.3, -0.25) is 14.4 Å². The van der Waals surface area contributed by atoms with Crippen molar-refractivity contribution in [1.82, 2.24) is 4.40 Å². The molecule has 0 saturated carbocycles. The van der Waals surface area contributed by atoms with Crippen LogP contribution in [0.5, 0.6) is 0 Å². The van der Waals surface area contributed by atoms with Crippen molar-refractivity contribution in [3.8, 4) is 0 Å². The second-order valence-corrected chi connectivity index (χ2v) is 8.37. The second kappa shape index (κ2) is 7.20. The zero-order valence-corrected chi connectivity index (χ0v) is 18.6. The number of fused-ring (bicyclic) bond motifs is 4. The number of aryl methyl sites for hydroxylation is 1. The molecule has 2 aromatic heterocycles. The van der Waals surface area contributed by atoms with Gasteiger partial charge in [0.15, 0.2) is 27.8 Å². The zero-order chi connectivity index (χ0) is 24.6. The summed E-state index contributed by atoms with van der Waals surface area (Å²) in [6.45, 7) is 3.16. The molecule has 0 spiro atoms. The molecular weight excluding hydrogens is 453 g/mol. The third-order valence-corrected chi connectivity index (χ3v) is 6.34. The van der Waals surface area contributed by atoms with E-state index in [4.69, 9.17) is 9.15 Å². The number of hydrogen-bond donors (Lipinski definition) is 0. The van der Waals surface area contributed by atoms with Crippen LogP contribution < -0.4 is 16.3 Å². The Morgan fingerprint density at radius 1 is 0.943 bits per heavy atom. The van der Waals surface area contributed by atoms with Gasteiger partial charge in [0.1, 0.15) is 11.1 Å². The molecule has 4 aromatic carbocycles. The summed E-state index contributed by atoms with van der Waals surface area (Å²) >= 11 is 0. The first-order valence-corrected chi connectivity index (χ1v) is 10.9. The number of hydrogen-bond acceptors (Lipinski definition) is 6. The smallest absolute Gasteiger partial charge is 0.343 e. The molecule has 2 heterocycles. The lowest BCUT2D eigenvalue weighted by Crippen LogP contribution is -2.20. The van der Waals surface area contributed by atoms with E-state index in [0.717, 1.165) is 0 Å². The lowest BCUT2D eigenvalue weighted by molar-refractivity contribution is 0.0524. The first kappa shape index (κ1) is 21.0. The quantitative estimate of drug-likeness (QED) is 0.213. The van der Waals surface area contributed by atoms with E-state index in [1.807, 2.05) is 0 Å². The second-order valence-electron chi connectivity index (χ2n) is 8.37. The van der Waals surface area contributed by atoms with Crippen LogP contribution in [0.15, 0.2) is 67.5 Å². The fourth-order valence-electron chi connectivity index (χ4n) is 4.69. The number of rotatable bonds is 2. The molecule has 6 aromatic rings. The molecule has 0 atom stereocenters. The molecule has 172 valence electrons. The maximum absolute atomic E-state index is 15.2. The van der Waals surface area contributed by atoms with Crippen molar-refractivity contribution in [3.63, 3.8) is 0 Å². The van der Waals surface area contributed by atoms with Gasteiger partial charge in [-0.2, -0.15) is 0 Å². The van der Waals surface area contributed by atoms with E-state index in [1.165, 1.54) is 35.7 Å². The third-order valence-electron chi connectivity index (χ3n) is 6.34. The Hall–Kier alpha value is -4.59. The molecule has 0 aliphatic carbocycles. The number of ether oxygens (including phenoxy) is 1. The fraction of sp³-hybridized carbons (Fsp3) is 0.111. The first-order valence-electron chi connectivity index (χ1n) is 10.9. The zero-order valence-electron chi connectivity index (χ0n) is 18.6. The Kier molecular flexibility index (Phi) is 4.32. The predicted molar refractivity (Wildman–Crippen MR) is 130 cm³/mol. The van der Waals surface area contributed by atoms with E-state index in [0.29, 0.717) is 0 Å². The van der Waals surface area contributed by atoms with Crippen molar-refractivity contribution < 1.29 is 18.3 Å². The van der Waals surface area contributed by atoms with Crippen LogP contribution in [0.2, 0.25) is 0 Å². The summed E-state index contributed by atoms with van der Waals surface area (Å²) in [6.07, 6.45) is 1.26. The number of carbonyl (C=O) groups is 1. The average molecular weight is 469 g/mol. The molecule has 0 unspecified atom stereocenters. The number of esters is 1. The SMILES string of the molecule is CCOC(=O)c1cn2c3cc4c(=O)c5ccccc5c(=O)c4cc3oc3c(F)c(C)cc(c1=O)c32. The molecule has 0 bridgehead atoms. The minimum atomic E-state index is -0.821. The Labute approximate surface area is 194 Å². The van der Waals surface area contributed by atoms with Crippen LogP contribution in [-0.4, -0.2) is 17.0 Å². The maximum atomic E-state index is 15.2. The van der Waals surface area contributed by atoms with E-state index in [9.17, 15) is 19.2 Å². The van der Waals surface area contributed by atoms with Gasteiger partial charge >= 0.3 is 5.97 Å². The third kappa shape index (κ3) is 2.76. The van der Waals surface area contributed by atoms with Crippen molar-refractivity contribution in [2.45, 2.75) is 13.8 Å². The highest BCUT2D eigenvalue weighted by atomic mass is 19.1. The number of pyridine rings is 1. The minimum Gasteiger partial charge on any atom is -0.462 e. The van der Waals surface area contributed by atoms with Gasteiger partial charge in [-0.1, -0.05) is 24.3 Å². The molecule has 7 nitrogen and oxygen atoms in total. The molecule has 0 radical (unpaired) electrons. The minimum absolute atomic E-state index is 0.0627. The Bertz CT molecular complexity index is 2070. The van der Waals surface area contributed by atoms with Gasteiger partial charge in [-0.05, 0) is 37.6 Å². The van der Waals surface area contributed by atoms with Gasteiger partial charge in [0.25, 0.3) is 0 Å². The lowest BCUT2D eigenvalue weighted by Gasteiger charge is -2.14. The summed E-state index contributed by atoms with van der Waals surface area (Å²) in [5.41, 5.74) is -1.09. The number of halogens is 1. The molecule has 0 N–H and O–H groups in total. The molecule has 0 fully saturated rings. The highest BCUT2D eigenvalue weighted by Crippen LogP contribution is 2.31. The number of carbonyl (C=O) groups excluding carboxylic acids is 1. The summed E-state index contributed by atoms with van der Waals surface area (Å²) in [6, 6.07) is 10.7. The number of benzene rings is 4. The van der Waals surface area contributed by atoms with E-state index in [-0.39, 0.29) is 77.7 Å². The molecule has 6 rings (SSSR count). The summed E-state index contributed by atoms with van der Waals surface area (Å²) in [4.78, 5) is 52.1. The van der Waals surface area contributed by atoms with Crippen LogP contribution in [0.3, 0.4) is 0 Å². The van der Waals surface area contributed by atoms with Crippen LogP contribution in [-0.2, 0) is 4.74 Å². The Morgan fingerprint density at radius 2 is 1.60 bits per heavy atom. The van der Waals surface area contributed by atoms with Crippen molar-refractivity contribution in [2.75, 3.05) is 6.61 Å². The molecule has 0 amide bonds. The highest BCUT2D eigenvalue weighted by molar-refractivity contribution is 6.06. The monoisotopic (exact) mass is 469 g/mol. The highest BCUT2D eigenvalue weighted by Gasteiger charge is 2.23. The van der Waals surface area contributed by atoms with Gasteiger partial charge in [-0.15, -0.1) is 0 Å². The summed E-state index contributed by atoms with van der Waals surface area (Å²) < 4.78 is 27.6. The van der Waals surface area contributed by atoms with Crippen molar-refractivity contribution in [1.29, 1.82) is 0 Å².